The number of benzene rings is 1. The van der Waals surface area contributed by atoms with E-state index in [-0.39, 0.29) is 5.92 Å². The number of carbonyl (C=O) groups is 1. The Kier molecular flexibility index (Phi) is 3.23. The Morgan fingerprint density at radius 2 is 2.05 bits per heavy atom. The Balaban J connectivity index is 1.73. The summed E-state index contributed by atoms with van der Waals surface area (Å²) in [7, 11) is 0. The zero-order valence-electron chi connectivity index (χ0n) is 12.6. The maximum Gasteiger partial charge on any atom is 0.231 e. The quantitative estimate of drug-likeness (QED) is 0.852. The molecule has 2 aliphatic rings. The molecule has 3 heteroatoms. The third kappa shape index (κ3) is 2.30. The first-order valence-corrected chi connectivity index (χ1v) is 7.58. The first kappa shape index (κ1) is 13.5. The van der Waals surface area contributed by atoms with E-state index in [1.165, 1.54) is 0 Å². The first-order chi connectivity index (χ1) is 9.47. The van der Waals surface area contributed by atoms with Crippen LogP contribution in [-0.2, 0) is 4.79 Å². The summed E-state index contributed by atoms with van der Waals surface area (Å²) < 4.78 is 0. The van der Waals surface area contributed by atoms with Crippen LogP contribution in [0.2, 0.25) is 0 Å². The molecular formula is C17H24N2O. The molecule has 1 amide bonds. The van der Waals surface area contributed by atoms with Crippen LogP contribution in [0.25, 0.3) is 0 Å². The third-order valence-corrected chi connectivity index (χ3v) is 4.86. The summed E-state index contributed by atoms with van der Waals surface area (Å²) in [5.41, 5.74) is 2.58. The van der Waals surface area contributed by atoms with E-state index < -0.39 is 0 Å². The van der Waals surface area contributed by atoms with Gasteiger partial charge in [-0.3, -0.25) is 4.79 Å². The lowest BCUT2D eigenvalue weighted by Crippen LogP contribution is -2.35. The number of nitrogens with zero attached hydrogens (tertiary/aromatic N) is 1. The van der Waals surface area contributed by atoms with Gasteiger partial charge in [0.1, 0.15) is 0 Å². The van der Waals surface area contributed by atoms with Crippen LogP contribution in [-0.4, -0.2) is 30.4 Å². The van der Waals surface area contributed by atoms with Gasteiger partial charge in [-0.05, 0) is 29.4 Å². The maximum absolute atomic E-state index is 12.8. The summed E-state index contributed by atoms with van der Waals surface area (Å²) in [4.78, 5) is 14.8. The van der Waals surface area contributed by atoms with E-state index in [1.807, 2.05) is 12.1 Å². The molecule has 20 heavy (non-hydrogen) atoms. The van der Waals surface area contributed by atoms with Crippen molar-refractivity contribution in [1.82, 2.24) is 4.90 Å². The number of para-hydroxylation sites is 1. The molecular weight excluding hydrogens is 248 g/mol. The van der Waals surface area contributed by atoms with Gasteiger partial charge >= 0.3 is 0 Å². The lowest BCUT2D eigenvalue weighted by Gasteiger charge is -2.27. The van der Waals surface area contributed by atoms with Crippen LogP contribution in [0.1, 0.15) is 38.7 Å². The Morgan fingerprint density at radius 1 is 1.30 bits per heavy atom. The summed E-state index contributed by atoms with van der Waals surface area (Å²) in [5.74, 6) is 0.926. The van der Waals surface area contributed by atoms with Gasteiger partial charge in [0.2, 0.25) is 5.91 Å². The molecule has 1 fully saturated rings. The largest absolute Gasteiger partial charge is 0.384 e. The van der Waals surface area contributed by atoms with Gasteiger partial charge in [-0.25, -0.2) is 0 Å². The second-order valence-corrected chi connectivity index (χ2v) is 7.16. The van der Waals surface area contributed by atoms with Crippen LogP contribution >= 0.6 is 0 Å². The molecule has 1 aromatic rings. The number of carbonyl (C=O) groups excluding carboxylic acids is 1. The second kappa shape index (κ2) is 4.80. The summed E-state index contributed by atoms with van der Waals surface area (Å²) in [6.45, 7) is 9.41. The van der Waals surface area contributed by atoms with E-state index in [4.69, 9.17) is 0 Å². The van der Waals surface area contributed by atoms with E-state index in [2.05, 4.69) is 43.1 Å². The number of likely N-dealkylation sites (tertiary alicyclic amines) is 1. The molecule has 0 spiro atoms. The lowest BCUT2D eigenvalue weighted by molar-refractivity contribution is -0.131. The zero-order chi connectivity index (χ0) is 14.3. The highest BCUT2D eigenvalue weighted by Gasteiger charge is 2.38. The smallest absolute Gasteiger partial charge is 0.231 e. The van der Waals surface area contributed by atoms with Crippen molar-refractivity contribution in [2.75, 3.05) is 25.0 Å². The molecule has 0 aromatic heterocycles. The van der Waals surface area contributed by atoms with Crippen molar-refractivity contribution >= 4 is 11.6 Å². The first-order valence-electron chi connectivity index (χ1n) is 7.58. The minimum absolute atomic E-state index is 0.00455. The van der Waals surface area contributed by atoms with Gasteiger partial charge in [-0.2, -0.15) is 0 Å². The average Bonchev–Trinajstić information content (AvgIpc) is 3.04. The van der Waals surface area contributed by atoms with Gasteiger partial charge in [0.05, 0.1) is 5.92 Å². The predicted molar refractivity (Wildman–Crippen MR) is 81.8 cm³/mol. The molecule has 1 aromatic carbocycles. The molecule has 3 rings (SSSR count). The number of fused-ring (bicyclic) bond motifs is 1. The molecule has 3 nitrogen and oxygen atoms in total. The van der Waals surface area contributed by atoms with Crippen LogP contribution < -0.4 is 5.32 Å². The van der Waals surface area contributed by atoms with Crippen LogP contribution in [0.15, 0.2) is 24.3 Å². The minimum atomic E-state index is 0.00455. The van der Waals surface area contributed by atoms with Crippen LogP contribution in [0, 0.1) is 11.3 Å². The summed E-state index contributed by atoms with van der Waals surface area (Å²) >= 11 is 0. The molecule has 1 saturated heterocycles. The van der Waals surface area contributed by atoms with Crippen LogP contribution in [0.3, 0.4) is 0 Å². The molecule has 2 unspecified atom stereocenters. The van der Waals surface area contributed by atoms with Gasteiger partial charge < -0.3 is 10.2 Å². The molecule has 2 atom stereocenters. The summed E-state index contributed by atoms with van der Waals surface area (Å²) in [5, 5.41) is 3.35. The van der Waals surface area contributed by atoms with Crippen molar-refractivity contribution in [3.63, 3.8) is 0 Å². The Bertz CT molecular complexity index is 518. The SMILES string of the molecule is CC(C)(C)C1CCN(C(=O)C2CNc3ccccc32)C1. The van der Waals surface area contributed by atoms with E-state index in [1.54, 1.807) is 0 Å². The normalized spacial score (nSPS) is 25.4. The van der Waals surface area contributed by atoms with Crippen molar-refractivity contribution in [3.05, 3.63) is 29.8 Å². The van der Waals surface area contributed by atoms with Gasteiger partial charge in [0, 0.05) is 25.3 Å². The Hall–Kier alpha value is -1.51. The Morgan fingerprint density at radius 3 is 2.75 bits per heavy atom. The van der Waals surface area contributed by atoms with Crippen LogP contribution in [0.4, 0.5) is 5.69 Å². The fraction of sp³-hybridized carbons (Fsp3) is 0.588. The molecule has 0 radical (unpaired) electrons. The van der Waals surface area contributed by atoms with Crippen LogP contribution in [0.5, 0.6) is 0 Å². The fourth-order valence-electron chi connectivity index (χ4n) is 3.39. The molecule has 2 aliphatic heterocycles. The van der Waals surface area contributed by atoms with Gasteiger partial charge in [0.15, 0.2) is 0 Å². The zero-order valence-corrected chi connectivity index (χ0v) is 12.6. The summed E-state index contributed by atoms with van der Waals surface area (Å²) in [6, 6.07) is 8.18. The third-order valence-electron chi connectivity index (χ3n) is 4.86. The molecule has 0 saturated carbocycles. The number of anilines is 1. The molecule has 0 bridgehead atoms. The predicted octanol–water partition coefficient (Wildman–Crippen LogP) is 3.09. The molecule has 2 heterocycles. The van der Waals surface area contributed by atoms with Crippen molar-refractivity contribution in [1.29, 1.82) is 0 Å². The number of rotatable bonds is 1. The van der Waals surface area contributed by atoms with Crippen molar-refractivity contribution in [2.24, 2.45) is 11.3 Å². The fourth-order valence-corrected chi connectivity index (χ4v) is 3.39. The highest BCUT2D eigenvalue weighted by Crippen LogP contribution is 2.37. The molecule has 1 N–H and O–H groups in total. The van der Waals surface area contributed by atoms with E-state index in [0.29, 0.717) is 17.2 Å². The number of amides is 1. The average molecular weight is 272 g/mol. The minimum Gasteiger partial charge on any atom is -0.384 e. The highest BCUT2D eigenvalue weighted by atomic mass is 16.2. The van der Waals surface area contributed by atoms with E-state index in [0.717, 1.165) is 37.3 Å². The van der Waals surface area contributed by atoms with Gasteiger partial charge in [-0.1, -0.05) is 39.0 Å². The van der Waals surface area contributed by atoms with Gasteiger partial charge in [0.25, 0.3) is 0 Å². The molecule has 108 valence electrons. The van der Waals surface area contributed by atoms with Crippen molar-refractivity contribution in [2.45, 2.75) is 33.1 Å². The maximum atomic E-state index is 12.8. The summed E-state index contributed by atoms with van der Waals surface area (Å²) in [6.07, 6.45) is 1.14. The highest BCUT2D eigenvalue weighted by molar-refractivity contribution is 5.88. The lowest BCUT2D eigenvalue weighted by atomic mass is 9.80. The molecule has 0 aliphatic carbocycles. The van der Waals surface area contributed by atoms with E-state index in [9.17, 15) is 4.79 Å². The van der Waals surface area contributed by atoms with Crippen molar-refractivity contribution in [3.8, 4) is 0 Å². The van der Waals surface area contributed by atoms with Crippen molar-refractivity contribution < 1.29 is 4.79 Å². The standard InChI is InChI=1S/C17H24N2O/c1-17(2,3)12-8-9-19(11-12)16(20)14-10-18-15-7-5-4-6-13(14)15/h4-7,12,14,18H,8-11H2,1-3H3. The second-order valence-electron chi connectivity index (χ2n) is 7.16. The number of nitrogens with one attached hydrogen (secondary N) is 1. The number of hydrogen-bond donors (Lipinski definition) is 1. The monoisotopic (exact) mass is 272 g/mol. The Labute approximate surface area is 121 Å². The van der Waals surface area contributed by atoms with E-state index >= 15 is 0 Å². The van der Waals surface area contributed by atoms with Gasteiger partial charge in [-0.15, -0.1) is 0 Å². The number of hydrogen-bond acceptors (Lipinski definition) is 2. The topological polar surface area (TPSA) is 32.3 Å².